The van der Waals surface area contributed by atoms with Gasteiger partial charge in [-0.25, -0.2) is 0 Å². The van der Waals surface area contributed by atoms with Crippen LogP contribution in [0.15, 0.2) is 24.3 Å². The van der Waals surface area contributed by atoms with Gasteiger partial charge in [0.2, 0.25) is 0 Å². The van der Waals surface area contributed by atoms with Crippen LogP contribution in [-0.4, -0.2) is 5.78 Å². The summed E-state index contributed by atoms with van der Waals surface area (Å²) in [6.45, 7) is 6.71. The van der Waals surface area contributed by atoms with Gasteiger partial charge >= 0.3 is 0 Å². The molecule has 3 unspecified atom stereocenters. The smallest absolute Gasteiger partial charge is 0.136 e. The third-order valence-corrected chi connectivity index (χ3v) is 4.83. The predicted molar refractivity (Wildman–Crippen MR) is 80.2 cm³/mol. The maximum absolute atomic E-state index is 12.3. The van der Waals surface area contributed by atoms with Gasteiger partial charge in [-0.3, -0.25) is 4.79 Å². The van der Waals surface area contributed by atoms with Crippen molar-refractivity contribution in [1.29, 1.82) is 0 Å². The summed E-state index contributed by atoms with van der Waals surface area (Å²) >= 11 is 0. The first kappa shape index (κ1) is 14.3. The lowest BCUT2D eigenvalue weighted by atomic mass is 9.74. The molecule has 3 atom stereocenters. The number of rotatable bonds is 4. The van der Waals surface area contributed by atoms with E-state index in [-0.39, 0.29) is 0 Å². The summed E-state index contributed by atoms with van der Waals surface area (Å²) in [6, 6.07) is 8.55. The highest BCUT2D eigenvalue weighted by Gasteiger charge is 2.28. The minimum Gasteiger partial charge on any atom is -0.299 e. The zero-order valence-electron chi connectivity index (χ0n) is 12.5. The number of aryl methyl sites for hydroxylation is 2. The summed E-state index contributed by atoms with van der Waals surface area (Å²) in [5.74, 6) is 2.32. The minimum absolute atomic E-state index is 0.330. The van der Waals surface area contributed by atoms with Crippen LogP contribution < -0.4 is 0 Å². The molecule has 104 valence electrons. The lowest BCUT2D eigenvalue weighted by molar-refractivity contribution is -0.124. The van der Waals surface area contributed by atoms with Crippen molar-refractivity contribution in [3.05, 3.63) is 35.4 Å². The van der Waals surface area contributed by atoms with E-state index in [2.05, 4.69) is 45.0 Å². The summed E-state index contributed by atoms with van der Waals surface area (Å²) in [6.07, 6.45) is 5.06. The Kier molecular flexibility index (Phi) is 4.79. The molecule has 0 bridgehead atoms. The van der Waals surface area contributed by atoms with Crippen molar-refractivity contribution < 1.29 is 4.79 Å². The molecule has 0 aliphatic heterocycles. The molecule has 0 aromatic heterocycles. The van der Waals surface area contributed by atoms with Crippen LogP contribution in [0.5, 0.6) is 0 Å². The van der Waals surface area contributed by atoms with Crippen LogP contribution in [0, 0.1) is 24.7 Å². The third kappa shape index (κ3) is 3.92. The highest BCUT2D eigenvalue weighted by molar-refractivity contribution is 5.81. The van der Waals surface area contributed by atoms with Gasteiger partial charge in [0.15, 0.2) is 0 Å². The fraction of sp³-hybridized carbons (Fsp3) is 0.611. The van der Waals surface area contributed by atoms with Crippen molar-refractivity contribution >= 4 is 5.78 Å². The molecule has 1 nitrogen and oxygen atoms in total. The molecule has 1 aromatic carbocycles. The number of hydrogen-bond donors (Lipinski definition) is 0. The Bertz CT molecular complexity index is 418. The molecular formula is C18H26O. The van der Waals surface area contributed by atoms with Gasteiger partial charge in [0, 0.05) is 12.3 Å². The molecular weight excluding hydrogens is 232 g/mol. The van der Waals surface area contributed by atoms with E-state index in [0.717, 1.165) is 31.6 Å². The van der Waals surface area contributed by atoms with E-state index in [1.165, 1.54) is 17.5 Å². The first-order valence-corrected chi connectivity index (χ1v) is 7.64. The molecule has 1 saturated carbocycles. The Morgan fingerprint density at radius 1 is 1.11 bits per heavy atom. The molecule has 1 aliphatic carbocycles. The molecule has 2 rings (SSSR count). The highest BCUT2D eigenvalue weighted by atomic mass is 16.1. The van der Waals surface area contributed by atoms with Crippen LogP contribution in [-0.2, 0) is 11.2 Å². The summed E-state index contributed by atoms with van der Waals surface area (Å²) in [4.78, 5) is 12.3. The number of carbonyl (C=O) groups is 1. The van der Waals surface area contributed by atoms with Crippen molar-refractivity contribution in [3.8, 4) is 0 Å². The van der Waals surface area contributed by atoms with Crippen molar-refractivity contribution in [2.45, 2.75) is 52.9 Å². The molecule has 19 heavy (non-hydrogen) atoms. The second-order valence-corrected chi connectivity index (χ2v) is 6.42. The average molecular weight is 258 g/mol. The lowest BCUT2D eigenvalue weighted by Gasteiger charge is -2.31. The van der Waals surface area contributed by atoms with Gasteiger partial charge in [-0.05, 0) is 50.0 Å². The Balaban J connectivity index is 1.83. The Hall–Kier alpha value is -1.11. The van der Waals surface area contributed by atoms with Gasteiger partial charge in [0.05, 0.1) is 0 Å². The molecule has 0 saturated heterocycles. The number of hydrogen-bond acceptors (Lipinski definition) is 1. The highest BCUT2D eigenvalue weighted by Crippen LogP contribution is 2.34. The monoisotopic (exact) mass is 258 g/mol. The van der Waals surface area contributed by atoms with Crippen LogP contribution in [0.2, 0.25) is 0 Å². The van der Waals surface area contributed by atoms with Crippen molar-refractivity contribution in [2.75, 3.05) is 0 Å². The van der Waals surface area contributed by atoms with Crippen molar-refractivity contribution in [1.82, 2.24) is 0 Å². The zero-order chi connectivity index (χ0) is 13.8. The van der Waals surface area contributed by atoms with E-state index in [9.17, 15) is 4.79 Å². The Morgan fingerprint density at radius 2 is 1.79 bits per heavy atom. The fourth-order valence-electron chi connectivity index (χ4n) is 3.07. The standard InChI is InChI=1S/C18H26O/c1-13-4-7-16(8-5-13)9-11-18(19)17-10-6-14(2)15(3)12-17/h4-5,7-8,14-15,17H,6,9-12H2,1-3H3. The topological polar surface area (TPSA) is 17.1 Å². The molecule has 0 heterocycles. The van der Waals surface area contributed by atoms with Crippen molar-refractivity contribution in [3.63, 3.8) is 0 Å². The van der Waals surface area contributed by atoms with Crippen LogP contribution >= 0.6 is 0 Å². The Labute approximate surface area is 117 Å². The molecule has 1 heteroatoms. The van der Waals surface area contributed by atoms with E-state index in [1.807, 2.05) is 0 Å². The summed E-state index contributed by atoms with van der Waals surface area (Å²) in [5, 5.41) is 0. The fourth-order valence-corrected chi connectivity index (χ4v) is 3.07. The zero-order valence-corrected chi connectivity index (χ0v) is 12.5. The third-order valence-electron chi connectivity index (χ3n) is 4.83. The lowest BCUT2D eigenvalue weighted by Crippen LogP contribution is -2.26. The first-order valence-electron chi connectivity index (χ1n) is 7.64. The van der Waals surface area contributed by atoms with E-state index >= 15 is 0 Å². The van der Waals surface area contributed by atoms with E-state index in [4.69, 9.17) is 0 Å². The summed E-state index contributed by atoms with van der Waals surface area (Å²) in [5.41, 5.74) is 2.57. The normalized spacial score (nSPS) is 27.2. The van der Waals surface area contributed by atoms with Gasteiger partial charge in [-0.1, -0.05) is 43.7 Å². The molecule has 0 N–H and O–H groups in total. The van der Waals surface area contributed by atoms with Crippen LogP contribution in [0.4, 0.5) is 0 Å². The van der Waals surface area contributed by atoms with Gasteiger partial charge in [0.1, 0.15) is 5.78 Å². The quantitative estimate of drug-likeness (QED) is 0.773. The second-order valence-electron chi connectivity index (χ2n) is 6.42. The number of carbonyl (C=O) groups excluding carboxylic acids is 1. The van der Waals surface area contributed by atoms with E-state index in [0.29, 0.717) is 17.6 Å². The number of benzene rings is 1. The van der Waals surface area contributed by atoms with Crippen LogP contribution in [0.1, 0.15) is 50.7 Å². The molecule has 0 radical (unpaired) electrons. The summed E-state index contributed by atoms with van der Waals surface area (Å²) in [7, 11) is 0. The van der Waals surface area contributed by atoms with Gasteiger partial charge in [-0.15, -0.1) is 0 Å². The Morgan fingerprint density at radius 3 is 2.42 bits per heavy atom. The molecule has 0 amide bonds. The first-order chi connectivity index (χ1) is 9.06. The average Bonchev–Trinajstić information content (AvgIpc) is 2.41. The molecule has 0 spiro atoms. The largest absolute Gasteiger partial charge is 0.299 e. The van der Waals surface area contributed by atoms with Gasteiger partial charge < -0.3 is 0 Å². The van der Waals surface area contributed by atoms with E-state index in [1.54, 1.807) is 0 Å². The molecule has 1 aliphatic rings. The van der Waals surface area contributed by atoms with Crippen LogP contribution in [0.25, 0.3) is 0 Å². The SMILES string of the molecule is Cc1ccc(CCC(=O)C2CCC(C)C(C)C2)cc1. The molecule has 1 fully saturated rings. The maximum Gasteiger partial charge on any atom is 0.136 e. The second kappa shape index (κ2) is 6.36. The molecule has 1 aromatic rings. The number of Topliss-reactive ketones (excluding diaryl/α,β-unsaturated/α-hetero) is 1. The minimum atomic E-state index is 0.330. The van der Waals surface area contributed by atoms with E-state index < -0.39 is 0 Å². The van der Waals surface area contributed by atoms with Crippen molar-refractivity contribution in [2.24, 2.45) is 17.8 Å². The van der Waals surface area contributed by atoms with Gasteiger partial charge in [0.25, 0.3) is 0 Å². The predicted octanol–water partition coefficient (Wildman–Crippen LogP) is 4.57. The number of ketones is 1. The summed E-state index contributed by atoms with van der Waals surface area (Å²) < 4.78 is 0. The van der Waals surface area contributed by atoms with Crippen LogP contribution in [0.3, 0.4) is 0 Å². The maximum atomic E-state index is 12.3. The van der Waals surface area contributed by atoms with Gasteiger partial charge in [-0.2, -0.15) is 0 Å².